The molecule has 0 unspecified atom stereocenters. The third-order valence-electron chi connectivity index (χ3n) is 5.10. The second kappa shape index (κ2) is 5.11. The lowest BCUT2D eigenvalue weighted by molar-refractivity contribution is -0.125. The summed E-state index contributed by atoms with van der Waals surface area (Å²) >= 11 is 0. The Morgan fingerprint density at radius 3 is 2.37 bits per heavy atom. The van der Waals surface area contributed by atoms with Crippen LogP contribution in [0.5, 0.6) is 0 Å². The summed E-state index contributed by atoms with van der Waals surface area (Å²) in [5.41, 5.74) is 4.29. The first-order valence-electron chi connectivity index (χ1n) is 7.48. The van der Waals surface area contributed by atoms with Crippen molar-refractivity contribution in [2.45, 2.75) is 59.8 Å². The van der Waals surface area contributed by atoms with Gasteiger partial charge in [-0.25, -0.2) is 0 Å². The van der Waals surface area contributed by atoms with Crippen LogP contribution < -0.4 is 0 Å². The molecule has 1 spiro atoms. The standard InChI is InChI=1S/C18H26O/c1-6-14(5)16-15(12(2)3)11-18(17(16)19)9-7-13(4)8-10-18/h6,13H,2,7-11H2,1,3-5H3/b14-6-. The second-order valence-corrected chi connectivity index (χ2v) is 6.57. The highest BCUT2D eigenvalue weighted by atomic mass is 16.1. The van der Waals surface area contributed by atoms with Crippen molar-refractivity contribution >= 4 is 5.78 Å². The number of hydrogen-bond acceptors (Lipinski definition) is 1. The van der Waals surface area contributed by atoms with Crippen LogP contribution in [0.2, 0.25) is 0 Å². The lowest BCUT2D eigenvalue weighted by atomic mass is 9.67. The third kappa shape index (κ3) is 2.35. The maximum Gasteiger partial charge on any atom is 0.169 e. The van der Waals surface area contributed by atoms with E-state index in [1.54, 1.807) is 0 Å². The average Bonchev–Trinajstić information content (AvgIpc) is 2.67. The molecule has 0 aliphatic heterocycles. The normalized spacial score (nSPS) is 32.3. The minimum Gasteiger partial charge on any atom is -0.294 e. The maximum absolute atomic E-state index is 13.0. The molecule has 0 saturated heterocycles. The van der Waals surface area contributed by atoms with Gasteiger partial charge in [0.15, 0.2) is 5.78 Å². The zero-order chi connectivity index (χ0) is 14.2. The van der Waals surface area contributed by atoms with Crippen molar-refractivity contribution in [3.8, 4) is 0 Å². The molecule has 0 N–H and O–H groups in total. The number of rotatable bonds is 2. The largest absolute Gasteiger partial charge is 0.294 e. The molecule has 1 saturated carbocycles. The predicted octanol–water partition coefficient (Wildman–Crippen LogP) is 4.99. The summed E-state index contributed by atoms with van der Waals surface area (Å²) in [6.45, 7) is 12.5. The third-order valence-corrected chi connectivity index (χ3v) is 5.10. The monoisotopic (exact) mass is 258 g/mol. The van der Waals surface area contributed by atoms with E-state index >= 15 is 0 Å². The van der Waals surface area contributed by atoms with Crippen molar-refractivity contribution in [1.29, 1.82) is 0 Å². The lowest BCUT2D eigenvalue weighted by Gasteiger charge is -2.35. The highest BCUT2D eigenvalue weighted by Crippen LogP contribution is 2.52. The quantitative estimate of drug-likeness (QED) is 0.681. The molecule has 2 rings (SSSR count). The number of Topliss-reactive ketones (excluding diaryl/α,β-unsaturated/α-hetero) is 1. The highest BCUT2D eigenvalue weighted by Gasteiger charge is 2.48. The van der Waals surface area contributed by atoms with Gasteiger partial charge in [-0.15, -0.1) is 0 Å². The SMILES string of the molecule is C=C(C)C1=C(/C(C)=C\C)C(=O)C2(CCC(C)CC2)C1. The summed E-state index contributed by atoms with van der Waals surface area (Å²) in [7, 11) is 0. The molecule has 0 heterocycles. The number of carbonyl (C=O) groups is 1. The highest BCUT2D eigenvalue weighted by molar-refractivity contribution is 6.07. The Bertz CT molecular complexity index is 468. The zero-order valence-corrected chi connectivity index (χ0v) is 12.8. The van der Waals surface area contributed by atoms with E-state index in [-0.39, 0.29) is 5.41 Å². The maximum atomic E-state index is 13.0. The molecule has 0 atom stereocenters. The summed E-state index contributed by atoms with van der Waals surface area (Å²) in [6.07, 6.45) is 7.48. The molecule has 1 fully saturated rings. The number of hydrogen-bond donors (Lipinski definition) is 0. The van der Waals surface area contributed by atoms with Crippen LogP contribution in [0.3, 0.4) is 0 Å². The van der Waals surface area contributed by atoms with Crippen LogP contribution in [0.15, 0.2) is 34.9 Å². The molecule has 0 radical (unpaired) electrons. The van der Waals surface area contributed by atoms with E-state index in [0.717, 1.165) is 41.9 Å². The molecular weight excluding hydrogens is 232 g/mol. The first-order valence-corrected chi connectivity index (χ1v) is 7.48. The molecule has 0 aromatic carbocycles. The molecule has 0 amide bonds. The minimum atomic E-state index is -0.0968. The second-order valence-electron chi connectivity index (χ2n) is 6.57. The Balaban J connectivity index is 2.38. The fourth-order valence-corrected chi connectivity index (χ4v) is 3.55. The molecule has 2 aliphatic carbocycles. The van der Waals surface area contributed by atoms with Gasteiger partial charge < -0.3 is 0 Å². The van der Waals surface area contributed by atoms with Gasteiger partial charge in [-0.1, -0.05) is 25.2 Å². The van der Waals surface area contributed by atoms with Crippen LogP contribution in [0, 0.1) is 11.3 Å². The van der Waals surface area contributed by atoms with E-state index in [9.17, 15) is 4.79 Å². The number of carbonyl (C=O) groups excluding carboxylic acids is 1. The molecule has 19 heavy (non-hydrogen) atoms. The van der Waals surface area contributed by atoms with Gasteiger partial charge in [0.05, 0.1) is 0 Å². The molecule has 1 nitrogen and oxygen atoms in total. The molecule has 0 aromatic heterocycles. The molecule has 104 valence electrons. The first kappa shape index (κ1) is 14.3. The molecular formula is C18H26O. The Labute approximate surface area is 117 Å². The summed E-state index contributed by atoms with van der Waals surface area (Å²) in [5.74, 6) is 1.17. The first-order chi connectivity index (χ1) is 8.91. The van der Waals surface area contributed by atoms with Crippen LogP contribution in [-0.4, -0.2) is 5.78 Å². The van der Waals surface area contributed by atoms with Gasteiger partial charge in [0.2, 0.25) is 0 Å². The van der Waals surface area contributed by atoms with Crippen LogP contribution >= 0.6 is 0 Å². The van der Waals surface area contributed by atoms with Crippen molar-refractivity contribution in [1.82, 2.24) is 0 Å². The van der Waals surface area contributed by atoms with E-state index in [2.05, 4.69) is 26.5 Å². The Kier molecular flexibility index (Phi) is 3.85. The minimum absolute atomic E-state index is 0.0968. The van der Waals surface area contributed by atoms with Crippen molar-refractivity contribution in [3.63, 3.8) is 0 Å². The van der Waals surface area contributed by atoms with Crippen molar-refractivity contribution in [2.75, 3.05) is 0 Å². The smallest absolute Gasteiger partial charge is 0.169 e. The summed E-state index contributed by atoms with van der Waals surface area (Å²) in [4.78, 5) is 13.0. The number of allylic oxidation sites excluding steroid dienone is 5. The molecule has 2 aliphatic rings. The Morgan fingerprint density at radius 1 is 1.32 bits per heavy atom. The Hall–Kier alpha value is -1.11. The molecule has 0 aromatic rings. The van der Waals surface area contributed by atoms with E-state index in [1.165, 1.54) is 18.4 Å². The van der Waals surface area contributed by atoms with Gasteiger partial charge in [0.1, 0.15) is 0 Å². The van der Waals surface area contributed by atoms with E-state index in [0.29, 0.717) is 5.78 Å². The zero-order valence-electron chi connectivity index (χ0n) is 12.8. The van der Waals surface area contributed by atoms with Gasteiger partial charge in [0.25, 0.3) is 0 Å². The molecule has 0 bridgehead atoms. The van der Waals surface area contributed by atoms with Crippen molar-refractivity contribution < 1.29 is 4.79 Å². The van der Waals surface area contributed by atoms with Crippen LogP contribution in [0.25, 0.3) is 0 Å². The van der Waals surface area contributed by atoms with Crippen LogP contribution in [-0.2, 0) is 4.79 Å². The van der Waals surface area contributed by atoms with Gasteiger partial charge in [-0.3, -0.25) is 4.79 Å². The predicted molar refractivity (Wildman–Crippen MR) is 81.0 cm³/mol. The van der Waals surface area contributed by atoms with Gasteiger partial charge >= 0.3 is 0 Å². The van der Waals surface area contributed by atoms with Crippen LogP contribution in [0.1, 0.15) is 59.8 Å². The van der Waals surface area contributed by atoms with E-state index < -0.39 is 0 Å². The van der Waals surface area contributed by atoms with Crippen LogP contribution in [0.4, 0.5) is 0 Å². The van der Waals surface area contributed by atoms with Gasteiger partial charge in [-0.2, -0.15) is 0 Å². The average molecular weight is 258 g/mol. The van der Waals surface area contributed by atoms with E-state index in [1.807, 2.05) is 13.8 Å². The molecule has 1 heteroatoms. The summed E-state index contributed by atoms with van der Waals surface area (Å²) in [5, 5.41) is 0. The fourth-order valence-electron chi connectivity index (χ4n) is 3.55. The summed E-state index contributed by atoms with van der Waals surface area (Å²) < 4.78 is 0. The van der Waals surface area contributed by atoms with Gasteiger partial charge in [-0.05, 0) is 69.9 Å². The summed E-state index contributed by atoms with van der Waals surface area (Å²) in [6, 6.07) is 0. The van der Waals surface area contributed by atoms with Crippen molar-refractivity contribution in [3.05, 3.63) is 34.9 Å². The van der Waals surface area contributed by atoms with E-state index in [4.69, 9.17) is 0 Å². The topological polar surface area (TPSA) is 17.1 Å². The van der Waals surface area contributed by atoms with Gasteiger partial charge in [0, 0.05) is 11.0 Å². The number of ketones is 1. The van der Waals surface area contributed by atoms with Crippen molar-refractivity contribution in [2.24, 2.45) is 11.3 Å². The fraction of sp³-hybridized carbons (Fsp3) is 0.611. The lowest BCUT2D eigenvalue weighted by Crippen LogP contribution is -2.32. The Morgan fingerprint density at radius 2 is 1.89 bits per heavy atom.